The summed E-state index contributed by atoms with van der Waals surface area (Å²) in [6.45, 7) is 2.04. The number of anilines is 1. The van der Waals surface area contributed by atoms with Crippen molar-refractivity contribution in [3.05, 3.63) is 22.8 Å². The number of hydrogen-bond acceptors (Lipinski definition) is 11. The first kappa shape index (κ1) is 29.8. The first-order valence-electron chi connectivity index (χ1n) is 13.4. The van der Waals surface area contributed by atoms with E-state index in [-0.39, 0.29) is 43.3 Å². The number of nitrogens with one attached hydrogen (secondary N) is 1. The molecule has 0 aliphatic heterocycles. The highest BCUT2D eigenvalue weighted by atomic mass is 16.3. The lowest BCUT2D eigenvalue weighted by Gasteiger charge is -2.52. The van der Waals surface area contributed by atoms with Gasteiger partial charge in [0.1, 0.15) is 5.75 Å². The van der Waals surface area contributed by atoms with Gasteiger partial charge >= 0.3 is 0 Å². The number of Topliss-reactive ketones (excluding diaryl/α,β-unsaturated/α-hetero) is 4. The highest BCUT2D eigenvalue weighted by Crippen LogP contribution is 2.52. The molecule has 3 aliphatic rings. The largest absolute Gasteiger partial charge is 0.507 e. The molecule has 6 N–H and O–H groups in total. The Hall–Kier alpha value is -3.19. The van der Waals surface area contributed by atoms with Crippen LogP contribution in [0.3, 0.4) is 0 Å². The van der Waals surface area contributed by atoms with Gasteiger partial charge in [-0.3, -0.25) is 28.9 Å². The molecule has 0 heterocycles. The van der Waals surface area contributed by atoms with Gasteiger partial charge in [0.2, 0.25) is 5.91 Å². The van der Waals surface area contributed by atoms with E-state index in [0.717, 1.165) is 0 Å². The summed E-state index contributed by atoms with van der Waals surface area (Å²) >= 11 is 0. The predicted molar refractivity (Wildman–Crippen MR) is 144 cm³/mol. The molecule has 0 bridgehead atoms. The summed E-state index contributed by atoms with van der Waals surface area (Å²) in [7, 11) is 6.69. The van der Waals surface area contributed by atoms with Crippen LogP contribution in [0.25, 0.3) is 0 Å². The molecule has 2 saturated carbocycles. The molecule has 4 rings (SSSR count). The summed E-state index contributed by atoms with van der Waals surface area (Å²) in [5.41, 5.74) is 4.21. The van der Waals surface area contributed by atoms with Gasteiger partial charge in [-0.25, -0.2) is 0 Å². The summed E-state index contributed by atoms with van der Waals surface area (Å²) < 4.78 is 0. The first-order chi connectivity index (χ1) is 18.7. The normalized spacial score (nSPS) is 30.6. The van der Waals surface area contributed by atoms with Crippen molar-refractivity contribution in [3.63, 3.8) is 0 Å². The van der Waals surface area contributed by atoms with Gasteiger partial charge in [-0.15, -0.1) is 0 Å². The smallest absolute Gasteiger partial charge is 0.235 e. The van der Waals surface area contributed by atoms with Crippen molar-refractivity contribution in [1.82, 2.24) is 10.2 Å². The number of carbonyl (C=O) groups excluding carboxylic acids is 5. The summed E-state index contributed by atoms with van der Waals surface area (Å²) in [4.78, 5) is 70.0. The molecule has 3 unspecified atom stereocenters. The average Bonchev–Trinajstić information content (AvgIpc) is 2.85. The Morgan fingerprint density at radius 2 is 1.82 bits per heavy atom. The van der Waals surface area contributed by atoms with E-state index in [2.05, 4.69) is 5.32 Å². The van der Waals surface area contributed by atoms with Crippen LogP contribution in [0.5, 0.6) is 5.75 Å². The van der Waals surface area contributed by atoms with Gasteiger partial charge in [0, 0.05) is 50.5 Å². The van der Waals surface area contributed by atoms with Crippen molar-refractivity contribution in [2.45, 2.75) is 50.4 Å². The number of primary amides is 1. The van der Waals surface area contributed by atoms with E-state index < -0.39 is 64.4 Å². The molecule has 12 heteroatoms. The predicted octanol–water partition coefficient (Wildman–Crippen LogP) is -1.21. The van der Waals surface area contributed by atoms with Crippen LogP contribution in [0.4, 0.5) is 5.69 Å². The number of benzene rings is 1. The third kappa shape index (κ3) is 4.43. The summed E-state index contributed by atoms with van der Waals surface area (Å²) in [6.07, 6.45) is 0.682. The maximum atomic E-state index is 14.0. The number of phenols is 1. The van der Waals surface area contributed by atoms with Gasteiger partial charge in [-0.1, -0.05) is 0 Å². The molecular formula is C28H38N4O8. The molecule has 0 radical (unpaired) electrons. The lowest BCUT2D eigenvalue weighted by molar-refractivity contribution is -0.181. The van der Waals surface area contributed by atoms with E-state index in [4.69, 9.17) is 5.73 Å². The minimum absolute atomic E-state index is 0.000489. The highest BCUT2D eigenvalue weighted by Gasteiger charge is 2.69. The number of aromatic hydroxyl groups is 1. The molecule has 1 aromatic carbocycles. The number of likely N-dealkylation sites (N-methyl/N-ethyl adjacent to an activating group) is 1. The second kappa shape index (κ2) is 10.7. The van der Waals surface area contributed by atoms with Crippen LogP contribution >= 0.6 is 0 Å². The minimum Gasteiger partial charge on any atom is -0.507 e. The lowest BCUT2D eigenvalue weighted by atomic mass is 9.52. The Kier molecular flexibility index (Phi) is 7.94. The van der Waals surface area contributed by atoms with E-state index in [1.54, 1.807) is 39.2 Å². The minimum atomic E-state index is -2.75. The van der Waals surface area contributed by atoms with Crippen LogP contribution in [0, 0.1) is 23.7 Å². The van der Waals surface area contributed by atoms with E-state index in [1.165, 1.54) is 4.90 Å². The van der Waals surface area contributed by atoms with Crippen LogP contribution in [-0.4, -0.2) is 102 Å². The number of aliphatic hydroxyl groups is 2. The fourth-order valence-corrected chi connectivity index (χ4v) is 6.82. The number of amides is 1. The lowest BCUT2D eigenvalue weighted by Crippen LogP contribution is -2.74. The second-order valence-corrected chi connectivity index (χ2v) is 11.7. The van der Waals surface area contributed by atoms with Gasteiger partial charge in [0.05, 0.1) is 17.5 Å². The number of hydrogen-bond donors (Lipinski definition) is 5. The van der Waals surface area contributed by atoms with Gasteiger partial charge in [0.25, 0.3) is 0 Å². The first-order valence-corrected chi connectivity index (χ1v) is 13.4. The Balaban J connectivity index is 1.83. The molecule has 1 aromatic rings. The Morgan fingerprint density at radius 3 is 2.38 bits per heavy atom. The number of phenolic OH excluding ortho intramolecular Hbond substituents is 1. The van der Waals surface area contributed by atoms with Crippen molar-refractivity contribution >= 4 is 34.7 Å². The Bertz CT molecular complexity index is 1280. The summed E-state index contributed by atoms with van der Waals surface area (Å²) in [5, 5.41) is 35.4. The number of carbonyl (C=O) groups is 5. The second-order valence-electron chi connectivity index (χ2n) is 11.7. The fourth-order valence-electron chi connectivity index (χ4n) is 6.82. The molecule has 2 fully saturated rings. The van der Waals surface area contributed by atoms with Crippen LogP contribution in [0.2, 0.25) is 0 Å². The van der Waals surface area contributed by atoms with Crippen LogP contribution in [-0.2, 0) is 32.1 Å². The number of rotatable bonds is 8. The zero-order valence-electron chi connectivity index (χ0n) is 23.4. The van der Waals surface area contributed by atoms with Gasteiger partial charge in [0.15, 0.2) is 34.7 Å². The molecule has 0 saturated heterocycles. The van der Waals surface area contributed by atoms with Crippen LogP contribution < -0.4 is 16.0 Å². The maximum absolute atomic E-state index is 14.0. The number of nitrogens with zero attached hydrogens (tertiary/aromatic N) is 2. The van der Waals surface area contributed by atoms with E-state index in [9.17, 15) is 39.3 Å². The topological polar surface area (TPSA) is 191 Å². The number of aliphatic hydroxyl groups excluding tert-OH is 1. The maximum Gasteiger partial charge on any atom is 0.235 e. The molecule has 0 aromatic heterocycles. The molecule has 0 spiro atoms. The standard InChI is InChI=1S/C28H38N4O8/c1-12(6-7-33)30-11-14-10-17(31(2)3)15-8-13-9-16-21(32(4)5)24(36)20(27(29)39)26(38)28(16,40)25(37)18(13)23(35)19(15)22(14)34/h10,12-13,16,18,20-21,30,33-34,40H,6-9,11H2,1-5H3,(H2,29,39)/t12?,13-,16-,18?,20?,21+,28-/m0/s1. The zero-order chi connectivity index (χ0) is 29.8. The quantitative estimate of drug-likeness (QED) is 0.241. The van der Waals surface area contributed by atoms with Crippen LogP contribution in [0.1, 0.15) is 41.3 Å². The summed E-state index contributed by atoms with van der Waals surface area (Å²) in [5.74, 6) is -10.7. The molecule has 1 amide bonds. The van der Waals surface area contributed by atoms with Crippen molar-refractivity contribution in [3.8, 4) is 5.75 Å². The Morgan fingerprint density at radius 1 is 1.18 bits per heavy atom. The number of ketones is 4. The molecule has 3 aliphatic carbocycles. The monoisotopic (exact) mass is 558 g/mol. The molecule has 7 atom stereocenters. The molecular weight excluding hydrogens is 520 g/mol. The van der Waals surface area contributed by atoms with Crippen molar-refractivity contribution in [2.75, 3.05) is 39.7 Å². The van der Waals surface area contributed by atoms with Crippen LogP contribution in [0.15, 0.2) is 6.07 Å². The van der Waals surface area contributed by atoms with Crippen molar-refractivity contribution in [1.29, 1.82) is 0 Å². The zero-order valence-corrected chi connectivity index (χ0v) is 23.4. The SMILES string of the molecule is CC(CCO)NCc1cc(N(C)C)c2c(c1O)C(=O)C1C(=O)[C@]3(O)C(=O)C(C(N)=O)C(=O)[C@H](N(C)C)[C@@H]3C[C@@H]1C2. The average molecular weight is 559 g/mol. The van der Waals surface area contributed by atoms with Gasteiger partial charge < -0.3 is 31.3 Å². The fraction of sp³-hybridized carbons (Fsp3) is 0.607. The third-order valence-corrected chi connectivity index (χ3v) is 8.80. The van der Waals surface area contributed by atoms with E-state index >= 15 is 0 Å². The number of nitrogens with two attached hydrogens (primary N) is 1. The third-order valence-electron chi connectivity index (χ3n) is 8.80. The highest BCUT2D eigenvalue weighted by molar-refractivity contribution is 6.32. The molecule has 218 valence electrons. The molecule has 40 heavy (non-hydrogen) atoms. The van der Waals surface area contributed by atoms with Gasteiger partial charge in [-0.2, -0.15) is 0 Å². The van der Waals surface area contributed by atoms with Crippen molar-refractivity contribution < 1.29 is 39.3 Å². The summed E-state index contributed by atoms with van der Waals surface area (Å²) in [6, 6.07) is 0.560. The van der Waals surface area contributed by atoms with E-state index in [1.807, 2.05) is 6.92 Å². The van der Waals surface area contributed by atoms with Gasteiger partial charge in [-0.05, 0) is 57.8 Å². The van der Waals surface area contributed by atoms with Crippen molar-refractivity contribution in [2.24, 2.45) is 29.4 Å². The Labute approximate surface area is 232 Å². The molecule has 12 nitrogen and oxygen atoms in total. The van der Waals surface area contributed by atoms with E-state index in [0.29, 0.717) is 23.2 Å². The number of fused-ring (bicyclic) bond motifs is 3.